The lowest BCUT2D eigenvalue weighted by Gasteiger charge is -2.05. The van der Waals surface area contributed by atoms with E-state index < -0.39 is 0 Å². The number of rotatable bonds is 5. The number of fused-ring (bicyclic) bond motifs is 1. The third-order valence-corrected chi connectivity index (χ3v) is 4.43. The first-order valence-electron chi connectivity index (χ1n) is 8.73. The van der Waals surface area contributed by atoms with Gasteiger partial charge in [0.05, 0.1) is 19.0 Å². The molecule has 0 bridgehead atoms. The van der Waals surface area contributed by atoms with Crippen molar-refractivity contribution < 1.29 is 4.74 Å². The Kier molecular flexibility index (Phi) is 4.63. The molecule has 28 heavy (non-hydrogen) atoms. The van der Waals surface area contributed by atoms with Crippen LogP contribution in [-0.2, 0) is 7.05 Å². The molecule has 0 aliphatic carbocycles. The lowest BCUT2D eigenvalue weighted by atomic mass is 10.1. The predicted molar refractivity (Wildman–Crippen MR) is 111 cm³/mol. The van der Waals surface area contributed by atoms with Gasteiger partial charge in [-0.25, -0.2) is 10.4 Å². The molecule has 0 radical (unpaired) electrons. The Morgan fingerprint density at radius 3 is 2.75 bits per heavy atom. The number of nitrogens with one attached hydrogen (secondary N) is 2. The van der Waals surface area contributed by atoms with E-state index in [2.05, 4.69) is 26.6 Å². The molecule has 0 fully saturated rings. The van der Waals surface area contributed by atoms with Crippen molar-refractivity contribution in [2.45, 2.75) is 0 Å². The van der Waals surface area contributed by atoms with Gasteiger partial charge in [-0.3, -0.25) is 9.78 Å². The maximum absolute atomic E-state index is 12.0. The largest absolute Gasteiger partial charge is 0.497 e. The number of ether oxygens (including phenoxy) is 1. The number of anilines is 1. The van der Waals surface area contributed by atoms with Gasteiger partial charge in [-0.15, -0.1) is 0 Å². The molecule has 2 N–H and O–H groups in total. The fraction of sp³-hybridized carbons (Fsp3) is 0.0952. The Morgan fingerprint density at radius 1 is 1.18 bits per heavy atom. The van der Waals surface area contributed by atoms with Crippen molar-refractivity contribution in [3.05, 3.63) is 76.7 Å². The normalized spacial score (nSPS) is 11.2. The first kappa shape index (κ1) is 17.5. The van der Waals surface area contributed by atoms with Crippen LogP contribution in [0.2, 0.25) is 0 Å². The summed E-state index contributed by atoms with van der Waals surface area (Å²) in [7, 11) is 3.60. The summed E-state index contributed by atoms with van der Waals surface area (Å²) in [5.41, 5.74) is 6.01. The molecule has 2 heterocycles. The zero-order valence-electron chi connectivity index (χ0n) is 15.5. The van der Waals surface area contributed by atoms with E-state index in [0.29, 0.717) is 5.69 Å². The standard InChI is InChI=1S/C21H19N5O2/c1-26-13-15(17-5-3-4-6-19(17)26)12-22-25-21-23-18(11-20(27)24-21)14-7-9-16(28-2)10-8-14/h3-13H,1-2H3,(H2,23,24,25,27)/b22-12-. The molecule has 0 amide bonds. The van der Waals surface area contributed by atoms with Gasteiger partial charge in [-0.1, -0.05) is 18.2 Å². The second-order valence-corrected chi connectivity index (χ2v) is 6.29. The van der Waals surface area contributed by atoms with Crippen LogP contribution in [-0.4, -0.2) is 27.9 Å². The molecule has 0 unspecified atom stereocenters. The molecule has 0 saturated heterocycles. The van der Waals surface area contributed by atoms with Crippen LogP contribution in [0.1, 0.15) is 5.56 Å². The number of H-pyrrole nitrogens is 1. The number of aromatic amines is 1. The van der Waals surface area contributed by atoms with Crippen LogP contribution in [0.15, 0.2) is 70.7 Å². The van der Waals surface area contributed by atoms with E-state index in [-0.39, 0.29) is 11.5 Å². The molecule has 0 atom stereocenters. The molecule has 0 aliphatic rings. The van der Waals surface area contributed by atoms with E-state index in [4.69, 9.17) is 4.74 Å². The summed E-state index contributed by atoms with van der Waals surface area (Å²) in [5, 5.41) is 5.34. The molecule has 4 rings (SSSR count). The van der Waals surface area contributed by atoms with E-state index in [1.807, 2.05) is 60.3 Å². The van der Waals surface area contributed by atoms with Crippen molar-refractivity contribution in [1.29, 1.82) is 0 Å². The fourth-order valence-corrected chi connectivity index (χ4v) is 3.06. The predicted octanol–water partition coefficient (Wildman–Crippen LogP) is 3.38. The van der Waals surface area contributed by atoms with Crippen LogP contribution in [0.5, 0.6) is 5.75 Å². The molecule has 0 spiro atoms. The zero-order valence-corrected chi connectivity index (χ0v) is 15.5. The number of nitrogens with zero attached hydrogens (tertiary/aromatic N) is 3. The summed E-state index contributed by atoms with van der Waals surface area (Å²) < 4.78 is 7.20. The minimum Gasteiger partial charge on any atom is -0.497 e. The fourth-order valence-electron chi connectivity index (χ4n) is 3.06. The Morgan fingerprint density at radius 2 is 1.96 bits per heavy atom. The molecule has 4 aromatic rings. The van der Waals surface area contributed by atoms with Crippen LogP contribution < -0.4 is 15.7 Å². The molecular weight excluding hydrogens is 354 g/mol. The molecule has 2 aromatic carbocycles. The third-order valence-electron chi connectivity index (χ3n) is 4.43. The van der Waals surface area contributed by atoms with Crippen LogP contribution >= 0.6 is 0 Å². The number of benzene rings is 2. The van der Waals surface area contributed by atoms with Gasteiger partial charge in [-0.2, -0.15) is 5.10 Å². The van der Waals surface area contributed by atoms with Crippen LogP contribution in [0, 0.1) is 0 Å². The Hall–Kier alpha value is -3.87. The summed E-state index contributed by atoms with van der Waals surface area (Å²) in [6.07, 6.45) is 3.71. The number of para-hydroxylation sites is 1. The molecule has 0 saturated carbocycles. The van der Waals surface area contributed by atoms with E-state index in [0.717, 1.165) is 27.8 Å². The Balaban J connectivity index is 1.58. The number of hydrazone groups is 1. The van der Waals surface area contributed by atoms with Gasteiger partial charge in [0.1, 0.15) is 5.75 Å². The Labute approximate surface area is 161 Å². The number of aryl methyl sites for hydroxylation is 1. The average molecular weight is 373 g/mol. The zero-order chi connectivity index (χ0) is 19.5. The van der Waals surface area contributed by atoms with Gasteiger partial charge in [0.25, 0.3) is 5.56 Å². The first-order valence-corrected chi connectivity index (χ1v) is 8.73. The van der Waals surface area contributed by atoms with Crippen molar-refractivity contribution >= 4 is 23.1 Å². The third kappa shape index (κ3) is 3.50. The van der Waals surface area contributed by atoms with E-state index in [1.165, 1.54) is 6.07 Å². The highest BCUT2D eigenvalue weighted by Crippen LogP contribution is 2.21. The Bertz CT molecular complexity index is 1210. The maximum atomic E-state index is 12.0. The minimum absolute atomic E-state index is 0.260. The van der Waals surface area contributed by atoms with Crippen molar-refractivity contribution in [3.63, 3.8) is 0 Å². The highest BCUT2D eigenvalue weighted by Gasteiger charge is 2.05. The van der Waals surface area contributed by atoms with E-state index in [1.54, 1.807) is 13.3 Å². The SMILES string of the molecule is COc1ccc(-c2cc(=O)[nH]c(N/N=C\c3cn(C)c4ccccc34)n2)cc1. The van der Waals surface area contributed by atoms with Crippen molar-refractivity contribution in [2.24, 2.45) is 12.1 Å². The smallest absolute Gasteiger partial charge is 0.252 e. The maximum Gasteiger partial charge on any atom is 0.252 e. The summed E-state index contributed by atoms with van der Waals surface area (Å²) in [6.45, 7) is 0. The quantitative estimate of drug-likeness (QED) is 0.415. The summed E-state index contributed by atoms with van der Waals surface area (Å²) >= 11 is 0. The monoisotopic (exact) mass is 373 g/mol. The molecule has 7 nitrogen and oxygen atoms in total. The summed E-state index contributed by atoms with van der Waals surface area (Å²) in [5.74, 6) is 1.02. The average Bonchev–Trinajstić information content (AvgIpc) is 3.04. The summed E-state index contributed by atoms with van der Waals surface area (Å²) in [4.78, 5) is 19.1. The van der Waals surface area contributed by atoms with Crippen molar-refractivity contribution in [1.82, 2.24) is 14.5 Å². The van der Waals surface area contributed by atoms with E-state index >= 15 is 0 Å². The second kappa shape index (κ2) is 7.40. The van der Waals surface area contributed by atoms with Gasteiger partial charge in [0.15, 0.2) is 0 Å². The highest BCUT2D eigenvalue weighted by atomic mass is 16.5. The van der Waals surface area contributed by atoms with Crippen LogP contribution in [0.4, 0.5) is 5.95 Å². The highest BCUT2D eigenvalue weighted by molar-refractivity contribution is 5.99. The van der Waals surface area contributed by atoms with E-state index in [9.17, 15) is 4.79 Å². The number of aromatic nitrogens is 3. The second-order valence-electron chi connectivity index (χ2n) is 6.29. The lowest BCUT2D eigenvalue weighted by molar-refractivity contribution is 0.415. The molecular formula is C21H19N5O2. The number of hydrogen-bond acceptors (Lipinski definition) is 5. The van der Waals surface area contributed by atoms with Gasteiger partial charge in [-0.05, 0) is 30.3 Å². The minimum atomic E-state index is -0.260. The molecule has 0 aliphatic heterocycles. The van der Waals surface area contributed by atoms with Crippen molar-refractivity contribution in [3.8, 4) is 17.0 Å². The first-order chi connectivity index (χ1) is 13.6. The van der Waals surface area contributed by atoms with Gasteiger partial charge >= 0.3 is 0 Å². The molecule has 140 valence electrons. The lowest BCUT2D eigenvalue weighted by Crippen LogP contribution is -2.10. The number of hydrogen-bond donors (Lipinski definition) is 2. The van der Waals surface area contributed by atoms with Crippen molar-refractivity contribution in [2.75, 3.05) is 12.5 Å². The van der Waals surface area contributed by atoms with Crippen LogP contribution in [0.25, 0.3) is 22.2 Å². The van der Waals surface area contributed by atoms with Gasteiger partial charge < -0.3 is 9.30 Å². The molecule has 7 heteroatoms. The van der Waals surface area contributed by atoms with Gasteiger partial charge in [0, 0.05) is 41.3 Å². The van der Waals surface area contributed by atoms with Crippen LogP contribution in [0.3, 0.4) is 0 Å². The number of methoxy groups -OCH3 is 1. The summed E-state index contributed by atoms with van der Waals surface area (Å²) in [6, 6.07) is 16.9. The molecule has 2 aromatic heterocycles. The topological polar surface area (TPSA) is 84.3 Å². The van der Waals surface area contributed by atoms with Gasteiger partial charge in [0.2, 0.25) is 5.95 Å².